The largest absolute Gasteiger partial charge is 0.370 e. The number of carbonyl (C=O) groups excluding carboxylic acids is 1. The standard InChI is InChI=1S/C21H21N7O/c1-13-15(8-20(29)25-13)7-16-11-24-28-19(23-10-14-4-5-14)9-18(27-21(16)28)26-17-3-2-6-22-12-17/h2-3,6-7,9,11-12,14,23H,1,4-5,8,10H2,(H,25,29)(H,26,27)/b15-7+. The summed E-state index contributed by atoms with van der Waals surface area (Å²) in [6.45, 7) is 4.83. The van der Waals surface area contributed by atoms with Crippen molar-refractivity contribution in [3.63, 3.8) is 0 Å². The fourth-order valence-electron chi connectivity index (χ4n) is 3.33. The van der Waals surface area contributed by atoms with Gasteiger partial charge in [0.1, 0.15) is 11.6 Å². The summed E-state index contributed by atoms with van der Waals surface area (Å²) in [5.41, 5.74) is 3.88. The summed E-state index contributed by atoms with van der Waals surface area (Å²) in [4.78, 5) is 20.6. The summed E-state index contributed by atoms with van der Waals surface area (Å²) in [5, 5.41) is 14.1. The quantitative estimate of drug-likeness (QED) is 0.601. The molecule has 1 aliphatic carbocycles. The van der Waals surface area contributed by atoms with Crippen LogP contribution in [0.3, 0.4) is 0 Å². The van der Waals surface area contributed by atoms with Gasteiger partial charge in [0, 0.05) is 30.1 Å². The smallest absolute Gasteiger partial charge is 0.228 e. The number of nitrogens with zero attached hydrogens (tertiary/aromatic N) is 4. The van der Waals surface area contributed by atoms with Crippen LogP contribution in [0, 0.1) is 5.92 Å². The molecule has 1 saturated carbocycles. The first kappa shape index (κ1) is 17.4. The third kappa shape index (κ3) is 3.69. The summed E-state index contributed by atoms with van der Waals surface area (Å²) in [7, 11) is 0. The number of pyridine rings is 1. The van der Waals surface area contributed by atoms with E-state index in [0.717, 1.165) is 35.1 Å². The topological polar surface area (TPSA) is 96.2 Å². The van der Waals surface area contributed by atoms with Crippen LogP contribution in [-0.4, -0.2) is 32.0 Å². The van der Waals surface area contributed by atoms with E-state index >= 15 is 0 Å². The Morgan fingerprint density at radius 3 is 2.97 bits per heavy atom. The number of carbonyl (C=O) groups is 1. The van der Waals surface area contributed by atoms with Crippen molar-refractivity contribution in [2.45, 2.75) is 19.3 Å². The minimum atomic E-state index is -0.0450. The Hall–Kier alpha value is -3.68. The summed E-state index contributed by atoms with van der Waals surface area (Å²) in [5.74, 6) is 2.25. The van der Waals surface area contributed by atoms with Crippen LogP contribution in [0.15, 0.2) is 54.6 Å². The second kappa shape index (κ2) is 7.05. The molecule has 0 bridgehead atoms. The molecule has 8 heteroatoms. The second-order valence-electron chi connectivity index (χ2n) is 7.43. The van der Waals surface area contributed by atoms with E-state index in [1.807, 2.05) is 24.3 Å². The number of fused-ring (bicyclic) bond motifs is 1. The molecule has 3 aromatic rings. The van der Waals surface area contributed by atoms with Gasteiger partial charge in [0.15, 0.2) is 5.65 Å². The molecule has 5 rings (SSSR count). The third-order valence-electron chi connectivity index (χ3n) is 5.06. The average Bonchev–Trinajstić information content (AvgIpc) is 3.38. The molecule has 0 unspecified atom stereocenters. The Labute approximate surface area is 167 Å². The zero-order chi connectivity index (χ0) is 19.8. The maximum atomic E-state index is 11.6. The lowest BCUT2D eigenvalue weighted by Crippen LogP contribution is -2.10. The SMILES string of the molecule is C=C1NC(=O)C/C1=C\c1cnn2c(NCC3CC3)cc(Nc3cccnc3)nc12. The van der Waals surface area contributed by atoms with Crippen LogP contribution in [0.1, 0.15) is 24.8 Å². The van der Waals surface area contributed by atoms with Gasteiger partial charge in [-0.15, -0.1) is 0 Å². The number of hydrogen-bond donors (Lipinski definition) is 3. The van der Waals surface area contributed by atoms with Gasteiger partial charge in [0.2, 0.25) is 5.91 Å². The molecule has 29 heavy (non-hydrogen) atoms. The fourth-order valence-corrected chi connectivity index (χ4v) is 3.33. The van der Waals surface area contributed by atoms with E-state index in [1.165, 1.54) is 12.8 Å². The number of rotatable bonds is 6. The molecular formula is C21H21N7O. The van der Waals surface area contributed by atoms with Crippen molar-refractivity contribution >= 4 is 35.0 Å². The van der Waals surface area contributed by atoms with Crippen LogP contribution >= 0.6 is 0 Å². The van der Waals surface area contributed by atoms with E-state index in [9.17, 15) is 4.79 Å². The van der Waals surface area contributed by atoms with Crippen molar-refractivity contribution in [1.82, 2.24) is 24.9 Å². The highest BCUT2D eigenvalue weighted by molar-refractivity contribution is 5.89. The Morgan fingerprint density at radius 1 is 1.34 bits per heavy atom. The molecule has 3 N–H and O–H groups in total. The Morgan fingerprint density at radius 2 is 2.24 bits per heavy atom. The third-order valence-corrected chi connectivity index (χ3v) is 5.06. The van der Waals surface area contributed by atoms with Crippen molar-refractivity contribution in [3.05, 3.63) is 60.2 Å². The van der Waals surface area contributed by atoms with Crippen molar-refractivity contribution < 1.29 is 4.79 Å². The van der Waals surface area contributed by atoms with Gasteiger partial charge in [-0.25, -0.2) is 4.98 Å². The van der Waals surface area contributed by atoms with E-state index in [4.69, 9.17) is 4.98 Å². The van der Waals surface area contributed by atoms with Crippen LogP contribution < -0.4 is 16.0 Å². The number of anilines is 3. The number of aromatic nitrogens is 4. The Kier molecular flexibility index (Phi) is 4.23. The van der Waals surface area contributed by atoms with Gasteiger partial charge in [-0.3, -0.25) is 9.78 Å². The fraction of sp³-hybridized carbons (Fsp3) is 0.238. The minimum absolute atomic E-state index is 0.0450. The predicted octanol–water partition coefficient (Wildman–Crippen LogP) is 3.11. The minimum Gasteiger partial charge on any atom is -0.370 e. The highest BCUT2D eigenvalue weighted by Crippen LogP contribution is 2.30. The number of amides is 1. The zero-order valence-corrected chi connectivity index (χ0v) is 15.9. The molecule has 2 fully saturated rings. The molecule has 0 aromatic carbocycles. The molecular weight excluding hydrogens is 366 g/mol. The molecule has 1 saturated heterocycles. The molecule has 8 nitrogen and oxygen atoms in total. The van der Waals surface area contributed by atoms with Crippen LogP contribution in [0.5, 0.6) is 0 Å². The van der Waals surface area contributed by atoms with E-state index in [0.29, 0.717) is 23.6 Å². The summed E-state index contributed by atoms with van der Waals surface area (Å²) in [6.07, 6.45) is 10.0. The number of hydrogen-bond acceptors (Lipinski definition) is 6. The van der Waals surface area contributed by atoms with Gasteiger partial charge < -0.3 is 16.0 Å². The van der Waals surface area contributed by atoms with Gasteiger partial charge in [0.05, 0.1) is 24.5 Å². The Balaban J connectivity index is 1.55. The van der Waals surface area contributed by atoms with Crippen molar-refractivity contribution in [3.8, 4) is 0 Å². The van der Waals surface area contributed by atoms with E-state index in [-0.39, 0.29) is 5.91 Å². The highest BCUT2D eigenvalue weighted by atomic mass is 16.1. The van der Waals surface area contributed by atoms with Gasteiger partial charge in [-0.1, -0.05) is 6.58 Å². The molecule has 0 radical (unpaired) electrons. The van der Waals surface area contributed by atoms with Gasteiger partial charge in [-0.2, -0.15) is 9.61 Å². The maximum Gasteiger partial charge on any atom is 0.228 e. The lowest BCUT2D eigenvalue weighted by atomic mass is 10.1. The zero-order valence-electron chi connectivity index (χ0n) is 15.9. The first-order chi connectivity index (χ1) is 14.2. The summed E-state index contributed by atoms with van der Waals surface area (Å²) < 4.78 is 1.80. The van der Waals surface area contributed by atoms with E-state index in [2.05, 4.69) is 32.6 Å². The first-order valence-electron chi connectivity index (χ1n) is 9.65. The first-order valence-corrected chi connectivity index (χ1v) is 9.65. The van der Waals surface area contributed by atoms with Gasteiger partial charge >= 0.3 is 0 Å². The van der Waals surface area contributed by atoms with Crippen LogP contribution in [0.4, 0.5) is 17.3 Å². The molecule has 2 aliphatic rings. The second-order valence-corrected chi connectivity index (χ2v) is 7.43. The molecule has 3 aromatic heterocycles. The predicted molar refractivity (Wildman–Crippen MR) is 112 cm³/mol. The lowest BCUT2D eigenvalue weighted by Gasteiger charge is -2.11. The van der Waals surface area contributed by atoms with Gasteiger partial charge in [-0.05, 0) is 42.5 Å². The molecule has 1 amide bonds. The van der Waals surface area contributed by atoms with E-state index in [1.54, 1.807) is 23.1 Å². The maximum absolute atomic E-state index is 11.6. The molecule has 1 aliphatic heterocycles. The van der Waals surface area contributed by atoms with Crippen LogP contribution in [0.2, 0.25) is 0 Å². The molecule has 0 atom stereocenters. The highest BCUT2D eigenvalue weighted by Gasteiger charge is 2.22. The molecule has 0 spiro atoms. The van der Waals surface area contributed by atoms with Crippen LogP contribution in [0.25, 0.3) is 11.7 Å². The Bertz CT molecular complexity index is 1130. The molecule has 146 valence electrons. The summed E-state index contributed by atoms with van der Waals surface area (Å²) >= 11 is 0. The van der Waals surface area contributed by atoms with E-state index < -0.39 is 0 Å². The monoisotopic (exact) mass is 387 g/mol. The normalized spacial score (nSPS) is 17.7. The van der Waals surface area contributed by atoms with Crippen molar-refractivity contribution in [2.75, 3.05) is 17.2 Å². The number of nitrogens with one attached hydrogen (secondary N) is 3. The number of allylic oxidation sites excluding steroid dienone is 1. The lowest BCUT2D eigenvalue weighted by molar-refractivity contribution is -0.118. The molecule has 4 heterocycles. The van der Waals surface area contributed by atoms with Crippen LogP contribution in [-0.2, 0) is 4.79 Å². The average molecular weight is 387 g/mol. The van der Waals surface area contributed by atoms with Crippen molar-refractivity contribution in [1.29, 1.82) is 0 Å². The van der Waals surface area contributed by atoms with Gasteiger partial charge in [0.25, 0.3) is 0 Å². The van der Waals surface area contributed by atoms with Crippen molar-refractivity contribution in [2.24, 2.45) is 5.92 Å². The summed E-state index contributed by atoms with van der Waals surface area (Å²) in [6, 6.07) is 5.76.